The molecule has 1 amide bonds. The molecular weight excluding hydrogens is 444 g/mol. The average Bonchev–Trinajstić information content (AvgIpc) is 3.01. The van der Waals surface area contributed by atoms with Crippen LogP contribution in [0.5, 0.6) is 0 Å². The number of amides is 1. The minimum absolute atomic E-state index is 0.128. The Balaban J connectivity index is 1.88. The van der Waals surface area contributed by atoms with E-state index in [-0.39, 0.29) is 23.8 Å². The summed E-state index contributed by atoms with van der Waals surface area (Å²) in [5, 5.41) is 1.09. The van der Waals surface area contributed by atoms with Crippen LogP contribution in [0, 0.1) is 5.92 Å². The van der Waals surface area contributed by atoms with E-state index in [0.29, 0.717) is 6.54 Å². The molecule has 1 aromatic heterocycles. The van der Waals surface area contributed by atoms with Gasteiger partial charge in [0.2, 0.25) is 11.8 Å². The molecule has 0 saturated heterocycles. The zero-order valence-corrected chi connectivity index (χ0v) is 19.6. The number of likely N-dealkylation sites (N-methyl/N-ethyl adjacent to an activating group) is 1. The lowest BCUT2D eigenvalue weighted by Gasteiger charge is -2.40. The van der Waals surface area contributed by atoms with Gasteiger partial charge in [0.1, 0.15) is 0 Å². The first-order valence-corrected chi connectivity index (χ1v) is 11.4. The number of rotatable bonds is 4. The molecule has 30 heavy (non-hydrogen) atoms. The highest BCUT2D eigenvalue weighted by atomic mass is 79.9. The molecule has 1 aromatic carbocycles. The molecule has 160 valence electrons. The summed E-state index contributed by atoms with van der Waals surface area (Å²) in [4.78, 5) is 30.1. The molecule has 0 saturated carbocycles. The Labute approximate surface area is 185 Å². The maximum absolute atomic E-state index is 13.1. The first kappa shape index (κ1) is 21.3. The number of fused-ring (bicyclic) bond motifs is 2. The lowest BCUT2D eigenvalue weighted by Crippen LogP contribution is -2.47. The molecule has 3 atom stereocenters. The summed E-state index contributed by atoms with van der Waals surface area (Å²) < 4.78 is 2.50. The highest BCUT2D eigenvalue weighted by Crippen LogP contribution is 2.44. The van der Waals surface area contributed by atoms with Crippen LogP contribution in [-0.4, -0.2) is 64.9 Å². The van der Waals surface area contributed by atoms with Gasteiger partial charge in [0, 0.05) is 31.1 Å². The molecule has 0 spiro atoms. The first-order valence-electron chi connectivity index (χ1n) is 10.6. The van der Waals surface area contributed by atoms with E-state index < -0.39 is 6.04 Å². The number of hydrogen-bond acceptors (Lipinski definition) is 4. The van der Waals surface area contributed by atoms with Crippen LogP contribution < -0.4 is 5.73 Å². The largest absolute Gasteiger partial charge is 0.343 e. The van der Waals surface area contributed by atoms with Crippen molar-refractivity contribution in [3.63, 3.8) is 0 Å². The molecule has 0 radical (unpaired) electrons. The van der Waals surface area contributed by atoms with Crippen LogP contribution in [0.2, 0.25) is 0 Å². The van der Waals surface area contributed by atoms with Crippen molar-refractivity contribution in [1.29, 1.82) is 0 Å². The minimum atomic E-state index is -0.589. The molecule has 7 heteroatoms. The second kappa shape index (κ2) is 7.94. The Morgan fingerprint density at radius 2 is 2.00 bits per heavy atom. The Hall–Kier alpha value is -1.96. The topological polar surface area (TPSA) is 71.6 Å². The molecular formula is C23H29BrN4O2. The van der Waals surface area contributed by atoms with Gasteiger partial charge in [0.15, 0.2) is 0 Å². The fourth-order valence-electron chi connectivity index (χ4n) is 4.94. The Morgan fingerprint density at radius 1 is 1.30 bits per heavy atom. The van der Waals surface area contributed by atoms with E-state index in [9.17, 15) is 9.59 Å². The lowest BCUT2D eigenvalue weighted by molar-refractivity contribution is -0.134. The zero-order chi connectivity index (χ0) is 21.7. The van der Waals surface area contributed by atoms with E-state index in [1.807, 2.05) is 30.9 Å². The SMILES string of the molecule is CCN(CC)C(=O)[C@@H]1C=C2c3cccc4c3c(c(Br)n4C(=O)[C@@H](C)N)C[C@H]2N(C)C1. The lowest BCUT2D eigenvalue weighted by atomic mass is 9.79. The molecule has 0 bridgehead atoms. The van der Waals surface area contributed by atoms with Crippen molar-refractivity contribution < 1.29 is 9.59 Å². The van der Waals surface area contributed by atoms with Crippen molar-refractivity contribution in [2.75, 3.05) is 26.7 Å². The third kappa shape index (κ3) is 3.15. The van der Waals surface area contributed by atoms with Crippen molar-refractivity contribution in [2.45, 2.75) is 39.3 Å². The molecule has 2 aliphatic rings. The number of benzene rings is 1. The van der Waals surface area contributed by atoms with Crippen LogP contribution in [0.4, 0.5) is 0 Å². The van der Waals surface area contributed by atoms with Crippen molar-refractivity contribution in [2.24, 2.45) is 11.7 Å². The summed E-state index contributed by atoms with van der Waals surface area (Å²) in [6, 6.07) is 5.66. The third-order valence-corrected chi connectivity index (χ3v) is 7.33. The van der Waals surface area contributed by atoms with Gasteiger partial charge >= 0.3 is 0 Å². The van der Waals surface area contributed by atoms with Crippen LogP contribution in [0.3, 0.4) is 0 Å². The van der Waals surface area contributed by atoms with Crippen molar-refractivity contribution in [3.8, 4) is 0 Å². The highest BCUT2D eigenvalue weighted by Gasteiger charge is 2.38. The van der Waals surface area contributed by atoms with Gasteiger partial charge in [-0.2, -0.15) is 0 Å². The monoisotopic (exact) mass is 472 g/mol. The third-order valence-electron chi connectivity index (χ3n) is 6.50. The number of carbonyl (C=O) groups is 2. The normalized spacial score (nSPS) is 21.9. The maximum atomic E-state index is 13.1. The van der Waals surface area contributed by atoms with E-state index in [1.54, 1.807) is 11.5 Å². The molecule has 1 aliphatic heterocycles. The Bertz CT molecular complexity index is 1050. The van der Waals surface area contributed by atoms with Crippen molar-refractivity contribution >= 4 is 44.2 Å². The summed E-state index contributed by atoms with van der Waals surface area (Å²) in [6.45, 7) is 7.89. The van der Waals surface area contributed by atoms with Crippen LogP contribution in [0.15, 0.2) is 28.9 Å². The molecule has 2 aromatic rings. The number of aromatic nitrogens is 1. The number of nitrogens with two attached hydrogens (primary N) is 1. The zero-order valence-electron chi connectivity index (χ0n) is 18.0. The fraction of sp³-hybridized carbons (Fsp3) is 0.478. The average molecular weight is 473 g/mol. The van der Waals surface area contributed by atoms with Crippen LogP contribution in [0.25, 0.3) is 16.5 Å². The van der Waals surface area contributed by atoms with E-state index in [0.717, 1.165) is 46.1 Å². The van der Waals surface area contributed by atoms with Gasteiger partial charge in [-0.1, -0.05) is 18.2 Å². The van der Waals surface area contributed by atoms with E-state index in [4.69, 9.17) is 5.73 Å². The van der Waals surface area contributed by atoms with Crippen molar-refractivity contribution in [3.05, 3.63) is 40.0 Å². The van der Waals surface area contributed by atoms with Gasteiger partial charge in [0.25, 0.3) is 0 Å². The van der Waals surface area contributed by atoms with Gasteiger partial charge in [-0.25, -0.2) is 0 Å². The second-order valence-electron chi connectivity index (χ2n) is 8.33. The highest BCUT2D eigenvalue weighted by molar-refractivity contribution is 9.10. The second-order valence-corrected chi connectivity index (χ2v) is 9.08. The van der Waals surface area contributed by atoms with Crippen LogP contribution in [-0.2, 0) is 11.2 Å². The summed E-state index contributed by atoms with van der Waals surface area (Å²) >= 11 is 3.69. The number of nitrogens with zero attached hydrogens (tertiary/aromatic N) is 3. The summed E-state index contributed by atoms with van der Waals surface area (Å²) in [5.41, 5.74) is 10.2. The van der Waals surface area contributed by atoms with Crippen LogP contribution >= 0.6 is 15.9 Å². The molecule has 4 rings (SSSR count). The van der Waals surface area contributed by atoms with Gasteiger partial charge in [-0.3, -0.25) is 19.1 Å². The molecule has 6 nitrogen and oxygen atoms in total. The number of carbonyl (C=O) groups excluding carboxylic acids is 2. The fourth-order valence-corrected chi connectivity index (χ4v) is 5.66. The molecule has 2 N–H and O–H groups in total. The Kier molecular flexibility index (Phi) is 5.64. The molecule has 0 unspecified atom stereocenters. The first-order chi connectivity index (χ1) is 14.3. The van der Waals surface area contributed by atoms with Crippen molar-refractivity contribution in [1.82, 2.24) is 14.4 Å². The minimum Gasteiger partial charge on any atom is -0.343 e. The Morgan fingerprint density at radius 3 is 2.63 bits per heavy atom. The maximum Gasteiger partial charge on any atom is 0.248 e. The van der Waals surface area contributed by atoms with E-state index in [1.165, 1.54) is 5.57 Å². The predicted molar refractivity (Wildman–Crippen MR) is 123 cm³/mol. The standard InChI is InChI=1S/C23H29BrN4O2/c1-5-27(6-2)23(30)14-10-16-15-8-7-9-18-20(15)17(11-19(16)26(4)12-14)21(24)28(18)22(29)13(3)25/h7-10,13-14,19H,5-6,11-12,25H2,1-4H3/t13-,14-,19-/m1/s1. The molecule has 2 heterocycles. The van der Waals surface area contributed by atoms with Gasteiger partial charge in [-0.05, 0) is 72.9 Å². The predicted octanol–water partition coefficient (Wildman–Crippen LogP) is 3.13. The summed E-state index contributed by atoms with van der Waals surface area (Å²) in [5.74, 6) is -0.104. The number of halogens is 1. The smallest absolute Gasteiger partial charge is 0.248 e. The van der Waals surface area contributed by atoms with E-state index >= 15 is 0 Å². The van der Waals surface area contributed by atoms with Gasteiger partial charge < -0.3 is 10.6 Å². The van der Waals surface area contributed by atoms with E-state index in [2.05, 4.69) is 40.0 Å². The van der Waals surface area contributed by atoms with Gasteiger partial charge in [-0.15, -0.1) is 0 Å². The number of hydrogen-bond donors (Lipinski definition) is 1. The quantitative estimate of drug-likeness (QED) is 0.741. The molecule has 1 aliphatic carbocycles. The summed E-state index contributed by atoms with van der Waals surface area (Å²) in [6.07, 6.45) is 2.96. The summed E-state index contributed by atoms with van der Waals surface area (Å²) in [7, 11) is 2.09. The molecule has 0 fully saturated rings. The van der Waals surface area contributed by atoms with Gasteiger partial charge in [0.05, 0.1) is 22.1 Å². The van der Waals surface area contributed by atoms with Crippen LogP contribution in [0.1, 0.15) is 36.7 Å².